The van der Waals surface area contributed by atoms with Crippen LogP contribution >= 0.6 is 70.1 Å². The van der Waals surface area contributed by atoms with Crippen LogP contribution in [0.5, 0.6) is 11.5 Å². The Morgan fingerprint density at radius 3 is 1.18 bits per heavy atom. The van der Waals surface area contributed by atoms with Crippen LogP contribution in [0.25, 0.3) is 0 Å². The first-order valence-corrected chi connectivity index (χ1v) is 33.7. The highest BCUT2D eigenvalue weighted by molar-refractivity contribution is 7.99. The molecule has 0 aliphatic rings. The Bertz CT molecular complexity index is 3050. The first-order chi connectivity index (χ1) is 44.1. The molecule has 0 spiro atoms. The van der Waals surface area contributed by atoms with E-state index in [4.69, 9.17) is 72.7 Å². The highest BCUT2D eigenvalue weighted by atomic mass is 35.5. The fourth-order valence-electron chi connectivity index (χ4n) is 8.66. The van der Waals surface area contributed by atoms with Crippen LogP contribution in [-0.4, -0.2) is 111 Å². The highest BCUT2D eigenvalue weighted by Gasteiger charge is 2.32. The number of hydrogen-bond acceptors (Lipinski definition) is 17. The number of rotatable bonds is 38. The topological polar surface area (TPSA) is 188 Å². The maximum Gasteiger partial charge on any atom is 0.407 e. The van der Waals surface area contributed by atoms with Crippen LogP contribution < -0.4 is 14.8 Å². The minimum Gasteiger partial charge on any atom is -0.490 e. The quantitative estimate of drug-likeness (QED) is 0.00961. The Labute approximate surface area is 566 Å². The van der Waals surface area contributed by atoms with Gasteiger partial charge in [-0.3, -0.25) is 9.59 Å². The van der Waals surface area contributed by atoms with Crippen LogP contribution in [-0.2, 0) is 64.2 Å². The average Bonchev–Trinajstić information content (AvgIpc) is 0.776. The lowest BCUT2D eigenvalue weighted by Crippen LogP contribution is -2.33. The fraction of sp³-hybridized carbons (Fsp3) is 0.324. The third-order valence-electron chi connectivity index (χ3n) is 13.8. The standard InChI is InChI=1S/C71H76Cl3NO14S3/c1-47(2)67(78)82-39-8-10-65(76)87-60(45-91-63-34-23-55(73)24-35-63)42-85-57-28-17-52(18-29-57)71(7,51-15-12-50(13-16-51)14-27-59(44-90-62-32-21-54(72)22-33-62)89-70(81)75-38-41-84-69(80)49(5)6)53-19-30-58(31-20-53)86-43-61(46-92-64-36-25-56(74)26-37-64)88-66(77)11-9-40-83-68(79)48(3)4/h12-13,15-26,28-37,59-61H,1,3,5,8-11,14,27,38-46H2,2,4,6-7H3,(H,75,81). The number of halogens is 3. The molecule has 21 heteroatoms. The number of hydrogen-bond donors (Lipinski definition) is 1. The summed E-state index contributed by atoms with van der Waals surface area (Å²) in [7, 11) is 0. The largest absolute Gasteiger partial charge is 0.490 e. The summed E-state index contributed by atoms with van der Waals surface area (Å²) in [4.78, 5) is 77.9. The van der Waals surface area contributed by atoms with Crippen LogP contribution in [0.15, 0.2) is 197 Å². The van der Waals surface area contributed by atoms with E-state index < -0.39 is 59.7 Å². The van der Waals surface area contributed by atoms with E-state index >= 15 is 0 Å². The zero-order valence-corrected chi connectivity index (χ0v) is 56.6. The van der Waals surface area contributed by atoms with E-state index in [1.165, 1.54) is 35.3 Å². The van der Waals surface area contributed by atoms with Crippen molar-refractivity contribution >= 4 is 106 Å². The van der Waals surface area contributed by atoms with Crippen LogP contribution in [0.2, 0.25) is 15.1 Å². The van der Waals surface area contributed by atoms with E-state index in [-0.39, 0.29) is 82.0 Å². The number of aryl methyl sites for hydroxylation is 1. The van der Waals surface area contributed by atoms with Crippen LogP contribution in [0.3, 0.4) is 0 Å². The molecule has 6 aromatic carbocycles. The second-order valence-corrected chi connectivity index (χ2v) is 26.0. The lowest BCUT2D eigenvalue weighted by Gasteiger charge is -2.32. The van der Waals surface area contributed by atoms with Gasteiger partial charge in [-0.05, 0) is 173 Å². The Hall–Kier alpha value is -7.32. The van der Waals surface area contributed by atoms with E-state index in [2.05, 4.69) is 56.2 Å². The molecule has 3 atom stereocenters. The molecule has 1 amide bonds. The summed E-state index contributed by atoms with van der Waals surface area (Å²) in [5.74, 6) is -0.192. The molecule has 15 nitrogen and oxygen atoms in total. The molecular formula is C71H76Cl3NO14S3. The molecule has 0 saturated carbocycles. The number of esters is 5. The van der Waals surface area contributed by atoms with Gasteiger partial charge in [0.2, 0.25) is 0 Å². The molecule has 0 aromatic heterocycles. The predicted molar refractivity (Wildman–Crippen MR) is 365 cm³/mol. The van der Waals surface area contributed by atoms with Gasteiger partial charge in [-0.1, -0.05) is 103 Å². The maximum absolute atomic E-state index is 13.1. The molecule has 0 radical (unpaired) electrons. The summed E-state index contributed by atoms with van der Waals surface area (Å²) < 4.78 is 46.0. The SMILES string of the molecule is C=C(C)C(=O)OCCCC(=O)OC(COc1ccc(C(C)(c2ccc(CCC(CSc3ccc(Cl)cc3)OC(=O)NCCOC(=O)C(=C)C)cc2)c2ccc(OCC(CSc3ccc(Cl)cc3)OC(=O)CCCOC(=O)C(=C)C)cc2)cc1)CSc1ccc(Cl)cc1. The maximum atomic E-state index is 13.1. The molecule has 6 aromatic rings. The molecule has 92 heavy (non-hydrogen) atoms. The molecule has 3 unspecified atom stereocenters. The van der Waals surface area contributed by atoms with Gasteiger partial charge in [-0.15, -0.1) is 35.3 Å². The Morgan fingerprint density at radius 1 is 0.467 bits per heavy atom. The Balaban J connectivity index is 1.22. The molecule has 488 valence electrons. The van der Waals surface area contributed by atoms with E-state index in [0.29, 0.717) is 56.7 Å². The Morgan fingerprint density at radius 2 is 0.815 bits per heavy atom. The number of nitrogens with one attached hydrogen (secondary N) is 1. The van der Waals surface area contributed by atoms with Gasteiger partial charge in [0.15, 0.2) is 0 Å². The van der Waals surface area contributed by atoms with Crippen LogP contribution in [0, 0.1) is 0 Å². The van der Waals surface area contributed by atoms with E-state index in [1.54, 1.807) is 45.0 Å². The summed E-state index contributed by atoms with van der Waals surface area (Å²) in [6.45, 7) is 17.8. The number of thioether (sulfide) groups is 3. The molecular weight excluding hydrogens is 1290 g/mol. The van der Waals surface area contributed by atoms with Crippen molar-refractivity contribution in [1.82, 2.24) is 5.32 Å². The third-order valence-corrected chi connectivity index (χ3v) is 18.0. The summed E-state index contributed by atoms with van der Waals surface area (Å²) in [6, 6.07) is 46.0. The number of carbonyl (C=O) groups is 6. The number of alkyl carbamates (subject to hydrolysis) is 1. The fourth-order valence-corrected chi connectivity index (χ4v) is 11.7. The number of carbonyl (C=O) groups excluding carboxylic acids is 6. The number of benzene rings is 6. The van der Waals surface area contributed by atoms with Gasteiger partial charge in [0.25, 0.3) is 0 Å². The number of amides is 1. The summed E-state index contributed by atoms with van der Waals surface area (Å²) in [6.07, 6.45) is -0.741. The molecule has 0 bridgehead atoms. The van der Waals surface area contributed by atoms with Gasteiger partial charge in [-0.2, -0.15) is 0 Å². The lowest BCUT2D eigenvalue weighted by molar-refractivity contribution is -0.151. The molecule has 0 heterocycles. The second-order valence-electron chi connectivity index (χ2n) is 21.5. The van der Waals surface area contributed by atoms with E-state index in [1.807, 2.05) is 97.1 Å². The van der Waals surface area contributed by atoms with Crippen molar-refractivity contribution in [2.24, 2.45) is 0 Å². The summed E-state index contributed by atoms with van der Waals surface area (Å²) >= 11 is 23.0. The monoisotopic (exact) mass is 1370 g/mol. The smallest absolute Gasteiger partial charge is 0.407 e. The van der Waals surface area contributed by atoms with E-state index in [9.17, 15) is 28.8 Å². The molecule has 0 fully saturated rings. The molecule has 0 aliphatic carbocycles. The van der Waals surface area contributed by atoms with Gasteiger partial charge >= 0.3 is 35.9 Å². The average molecular weight is 1370 g/mol. The molecule has 0 saturated heterocycles. The zero-order valence-electron chi connectivity index (χ0n) is 51.9. The van der Waals surface area contributed by atoms with Gasteiger partial charge < -0.3 is 43.2 Å². The molecule has 6 rings (SSSR count). The minimum atomic E-state index is -0.773. The van der Waals surface area contributed by atoms with Crippen LogP contribution in [0.1, 0.15) is 82.1 Å². The van der Waals surface area contributed by atoms with Gasteiger partial charge in [-0.25, -0.2) is 19.2 Å². The van der Waals surface area contributed by atoms with Gasteiger partial charge in [0, 0.05) is 82.0 Å². The highest BCUT2D eigenvalue weighted by Crippen LogP contribution is 2.41. The molecule has 0 aliphatic heterocycles. The summed E-state index contributed by atoms with van der Waals surface area (Å²) in [5, 5.41) is 4.49. The predicted octanol–water partition coefficient (Wildman–Crippen LogP) is 15.9. The Kier molecular flexibility index (Phi) is 31.0. The van der Waals surface area contributed by atoms with Crippen molar-refractivity contribution < 1.29 is 66.7 Å². The minimum absolute atomic E-state index is 0.0309. The van der Waals surface area contributed by atoms with Crippen LogP contribution in [0.4, 0.5) is 4.79 Å². The van der Waals surface area contributed by atoms with Crippen molar-refractivity contribution in [2.75, 3.05) is 56.8 Å². The molecule has 1 N–H and O–H groups in total. The lowest BCUT2D eigenvalue weighted by atomic mass is 9.71. The summed E-state index contributed by atoms with van der Waals surface area (Å²) in [5.41, 5.74) is 3.84. The normalized spacial score (nSPS) is 12.6. The first-order valence-electron chi connectivity index (χ1n) is 29.7. The second kappa shape index (κ2) is 38.6. The van der Waals surface area contributed by atoms with Crippen molar-refractivity contribution in [2.45, 2.75) is 105 Å². The van der Waals surface area contributed by atoms with E-state index in [0.717, 1.165) is 36.9 Å². The van der Waals surface area contributed by atoms with Crippen molar-refractivity contribution in [3.63, 3.8) is 0 Å². The van der Waals surface area contributed by atoms with Crippen molar-refractivity contribution in [1.29, 1.82) is 0 Å². The third kappa shape index (κ3) is 26.0. The van der Waals surface area contributed by atoms with Crippen molar-refractivity contribution in [3.8, 4) is 11.5 Å². The first kappa shape index (κ1) is 73.7. The van der Waals surface area contributed by atoms with Gasteiger partial charge in [0.05, 0.1) is 19.8 Å². The zero-order chi connectivity index (χ0) is 66.4. The van der Waals surface area contributed by atoms with Gasteiger partial charge in [0.1, 0.15) is 49.6 Å². The van der Waals surface area contributed by atoms with Crippen molar-refractivity contribution in [3.05, 3.63) is 219 Å². The number of ether oxygens (including phenoxy) is 8.